The van der Waals surface area contributed by atoms with E-state index in [9.17, 15) is 9.90 Å². The fraction of sp³-hybridized carbons (Fsp3) is 0. The summed E-state index contributed by atoms with van der Waals surface area (Å²) in [4.78, 5) is 17.9. The van der Waals surface area contributed by atoms with Crippen LogP contribution in [-0.4, -0.2) is 26.2 Å². The van der Waals surface area contributed by atoms with Crippen molar-refractivity contribution >= 4 is 16.9 Å². The summed E-state index contributed by atoms with van der Waals surface area (Å²) < 4.78 is 0. The second-order valence-electron chi connectivity index (χ2n) is 2.71. The largest absolute Gasteiger partial charge is 0.507 e. The molecule has 0 bridgehead atoms. The zero-order valence-electron chi connectivity index (χ0n) is 7.01. The molecule has 2 rings (SSSR count). The molecule has 0 atom stereocenters. The summed E-state index contributed by atoms with van der Waals surface area (Å²) in [7, 11) is 0. The highest BCUT2D eigenvalue weighted by atomic mass is 16.4. The maximum Gasteiger partial charge on any atom is 0.373 e. The molecule has 0 aliphatic heterocycles. The first-order valence-corrected chi connectivity index (χ1v) is 3.86. The summed E-state index contributed by atoms with van der Waals surface area (Å²) in [5.74, 6) is -1.42. The molecule has 2 N–H and O–H groups in total. The first-order chi connectivity index (χ1) is 6.68. The molecular weight excluding hydrogens is 184 g/mol. The van der Waals surface area contributed by atoms with Gasteiger partial charge in [-0.1, -0.05) is 6.07 Å². The van der Waals surface area contributed by atoms with Gasteiger partial charge in [0.1, 0.15) is 5.75 Å². The number of aromatic hydroxyl groups is 1. The zero-order valence-corrected chi connectivity index (χ0v) is 7.01. The van der Waals surface area contributed by atoms with E-state index in [1.54, 1.807) is 12.1 Å². The number of carboxylic acids is 1. The molecular formula is C9H6N2O3. The van der Waals surface area contributed by atoms with E-state index in [0.29, 0.717) is 10.9 Å². The highest BCUT2D eigenvalue weighted by molar-refractivity contribution is 5.89. The molecule has 14 heavy (non-hydrogen) atoms. The number of rotatable bonds is 1. The minimum absolute atomic E-state index is 0.0411. The van der Waals surface area contributed by atoms with Gasteiger partial charge in [-0.15, -0.1) is 0 Å². The van der Waals surface area contributed by atoms with Gasteiger partial charge in [-0.25, -0.2) is 14.8 Å². The summed E-state index contributed by atoms with van der Waals surface area (Å²) in [5, 5.41) is 18.4. The lowest BCUT2D eigenvalue weighted by molar-refractivity contribution is 0.0684. The Morgan fingerprint density at radius 1 is 1.36 bits per heavy atom. The molecule has 0 fully saturated rings. The smallest absolute Gasteiger partial charge is 0.373 e. The van der Waals surface area contributed by atoms with Crippen molar-refractivity contribution in [1.29, 1.82) is 0 Å². The van der Waals surface area contributed by atoms with E-state index >= 15 is 0 Å². The minimum Gasteiger partial charge on any atom is -0.507 e. The molecule has 0 aliphatic rings. The standard InChI is InChI=1S/C9H6N2O3/c12-7-3-1-2-6-5(7)4-10-8(11-6)9(13)14/h1-4,12H,(H,13,14). The van der Waals surface area contributed by atoms with Gasteiger partial charge >= 0.3 is 5.97 Å². The Labute approximate surface area is 78.7 Å². The normalized spacial score (nSPS) is 10.3. The molecule has 0 unspecified atom stereocenters. The molecule has 0 saturated carbocycles. The topological polar surface area (TPSA) is 83.3 Å². The van der Waals surface area contributed by atoms with Crippen molar-refractivity contribution in [2.45, 2.75) is 0 Å². The van der Waals surface area contributed by atoms with Crippen LogP contribution in [0.4, 0.5) is 0 Å². The summed E-state index contributed by atoms with van der Waals surface area (Å²) in [6.07, 6.45) is 1.29. The average molecular weight is 190 g/mol. The van der Waals surface area contributed by atoms with E-state index in [-0.39, 0.29) is 11.6 Å². The number of carbonyl (C=O) groups is 1. The van der Waals surface area contributed by atoms with E-state index in [1.807, 2.05) is 0 Å². The Bertz CT molecular complexity index is 510. The van der Waals surface area contributed by atoms with Gasteiger partial charge in [-0.05, 0) is 12.1 Å². The number of fused-ring (bicyclic) bond motifs is 1. The van der Waals surface area contributed by atoms with Crippen LogP contribution < -0.4 is 0 Å². The van der Waals surface area contributed by atoms with Crippen molar-refractivity contribution < 1.29 is 15.0 Å². The number of phenolic OH excluding ortho intramolecular Hbond substituents is 1. The highest BCUT2D eigenvalue weighted by Crippen LogP contribution is 2.21. The number of aromatic nitrogens is 2. The van der Waals surface area contributed by atoms with Crippen LogP contribution in [0.5, 0.6) is 5.75 Å². The molecule has 1 heterocycles. The maximum atomic E-state index is 10.5. The van der Waals surface area contributed by atoms with Gasteiger partial charge in [0.15, 0.2) is 0 Å². The summed E-state index contributed by atoms with van der Waals surface area (Å²) in [6, 6.07) is 4.70. The molecule has 2 aromatic rings. The first-order valence-electron chi connectivity index (χ1n) is 3.86. The molecule has 0 radical (unpaired) electrons. The van der Waals surface area contributed by atoms with Gasteiger partial charge in [-0.3, -0.25) is 0 Å². The Balaban J connectivity index is 2.73. The van der Waals surface area contributed by atoms with Gasteiger partial charge in [-0.2, -0.15) is 0 Å². The molecule has 5 heteroatoms. The van der Waals surface area contributed by atoms with Crippen LogP contribution in [0.3, 0.4) is 0 Å². The highest BCUT2D eigenvalue weighted by Gasteiger charge is 2.08. The monoisotopic (exact) mass is 190 g/mol. The van der Waals surface area contributed by atoms with E-state index in [0.717, 1.165) is 0 Å². The third kappa shape index (κ3) is 1.24. The molecule has 5 nitrogen and oxygen atoms in total. The lowest BCUT2D eigenvalue weighted by Gasteiger charge is -1.99. The van der Waals surface area contributed by atoms with Crippen molar-refractivity contribution in [3.05, 3.63) is 30.2 Å². The number of benzene rings is 1. The number of hydrogen-bond acceptors (Lipinski definition) is 4. The molecule has 0 spiro atoms. The van der Waals surface area contributed by atoms with Crippen LogP contribution >= 0.6 is 0 Å². The summed E-state index contributed by atoms with van der Waals surface area (Å²) in [6.45, 7) is 0. The van der Waals surface area contributed by atoms with E-state index < -0.39 is 5.97 Å². The number of phenols is 1. The van der Waals surface area contributed by atoms with E-state index in [4.69, 9.17) is 5.11 Å². The molecule has 0 saturated heterocycles. The maximum absolute atomic E-state index is 10.5. The van der Waals surface area contributed by atoms with Crippen LogP contribution in [0.15, 0.2) is 24.4 Å². The number of hydrogen-bond donors (Lipinski definition) is 2. The fourth-order valence-corrected chi connectivity index (χ4v) is 1.14. The third-order valence-electron chi connectivity index (χ3n) is 1.79. The predicted molar refractivity (Wildman–Crippen MR) is 48.2 cm³/mol. The zero-order chi connectivity index (χ0) is 10.1. The van der Waals surface area contributed by atoms with E-state index in [2.05, 4.69) is 9.97 Å². The third-order valence-corrected chi connectivity index (χ3v) is 1.79. The van der Waals surface area contributed by atoms with Crippen molar-refractivity contribution in [3.63, 3.8) is 0 Å². The van der Waals surface area contributed by atoms with Gasteiger partial charge in [0, 0.05) is 6.20 Å². The van der Waals surface area contributed by atoms with Crippen LogP contribution in [0.1, 0.15) is 10.6 Å². The Morgan fingerprint density at radius 3 is 2.86 bits per heavy atom. The van der Waals surface area contributed by atoms with Crippen molar-refractivity contribution in [3.8, 4) is 5.75 Å². The predicted octanol–water partition coefficient (Wildman–Crippen LogP) is 1.03. The second-order valence-corrected chi connectivity index (χ2v) is 2.71. The number of nitrogens with zero attached hydrogens (tertiary/aromatic N) is 2. The van der Waals surface area contributed by atoms with Gasteiger partial charge < -0.3 is 10.2 Å². The van der Waals surface area contributed by atoms with Crippen molar-refractivity contribution in [2.24, 2.45) is 0 Å². The first kappa shape index (κ1) is 8.43. The summed E-state index contributed by atoms with van der Waals surface area (Å²) in [5.41, 5.74) is 0.414. The Morgan fingerprint density at radius 2 is 2.14 bits per heavy atom. The molecule has 1 aromatic carbocycles. The summed E-state index contributed by atoms with van der Waals surface area (Å²) >= 11 is 0. The van der Waals surface area contributed by atoms with Crippen LogP contribution in [0.2, 0.25) is 0 Å². The van der Waals surface area contributed by atoms with Gasteiger partial charge in [0.05, 0.1) is 10.9 Å². The van der Waals surface area contributed by atoms with Gasteiger partial charge in [0.25, 0.3) is 0 Å². The fourth-order valence-electron chi connectivity index (χ4n) is 1.14. The molecule has 0 aliphatic carbocycles. The number of carboxylic acid groups (broad SMARTS) is 1. The quantitative estimate of drug-likeness (QED) is 0.701. The Hall–Kier alpha value is -2.17. The molecule has 0 amide bonds. The average Bonchev–Trinajstić information content (AvgIpc) is 2.17. The Kier molecular flexibility index (Phi) is 1.78. The van der Waals surface area contributed by atoms with Crippen molar-refractivity contribution in [1.82, 2.24) is 9.97 Å². The van der Waals surface area contributed by atoms with Crippen LogP contribution in [0, 0.1) is 0 Å². The van der Waals surface area contributed by atoms with E-state index in [1.165, 1.54) is 12.3 Å². The lowest BCUT2D eigenvalue weighted by atomic mass is 10.2. The van der Waals surface area contributed by atoms with Crippen LogP contribution in [-0.2, 0) is 0 Å². The SMILES string of the molecule is O=C(O)c1ncc2c(O)cccc2n1. The lowest BCUT2D eigenvalue weighted by Crippen LogP contribution is -2.03. The van der Waals surface area contributed by atoms with Crippen molar-refractivity contribution in [2.75, 3.05) is 0 Å². The molecule has 1 aromatic heterocycles. The minimum atomic E-state index is -1.18. The second kappa shape index (κ2) is 2.95. The van der Waals surface area contributed by atoms with Gasteiger partial charge in [0.2, 0.25) is 5.82 Å². The van der Waals surface area contributed by atoms with Crippen LogP contribution in [0.25, 0.3) is 10.9 Å². The number of aromatic carboxylic acids is 1. The molecule has 70 valence electrons.